The van der Waals surface area contributed by atoms with E-state index >= 15 is 0 Å². The summed E-state index contributed by atoms with van der Waals surface area (Å²) >= 11 is 3.20. The second-order valence-corrected chi connectivity index (χ2v) is 5.90. The van der Waals surface area contributed by atoms with Crippen molar-refractivity contribution in [3.63, 3.8) is 0 Å². The van der Waals surface area contributed by atoms with Crippen molar-refractivity contribution in [2.75, 3.05) is 12.8 Å². The lowest BCUT2D eigenvalue weighted by atomic mass is 10.2. The predicted octanol–water partition coefficient (Wildman–Crippen LogP) is 3.21. The van der Waals surface area contributed by atoms with Crippen molar-refractivity contribution in [2.24, 2.45) is 0 Å². The number of benzene rings is 1. The molecular formula is C13H15FN2S2. The summed E-state index contributed by atoms with van der Waals surface area (Å²) < 4.78 is 13.5. The van der Waals surface area contributed by atoms with E-state index in [-0.39, 0.29) is 5.82 Å². The van der Waals surface area contributed by atoms with Gasteiger partial charge in [-0.05, 0) is 19.2 Å². The van der Waals surface area contributed by atoms with Gasteiger partial charge in [-0.15, -0.1) is 23.1 Å². The second-order valence-electron chi connectivity index (χ2n) is 3.86. The smallest absolute Gasteiger partial charge is 0.136 e. The van der Waals surface area contributed by atoms with Crippen LogP contribution in [0, 0.1) is 5.82 Å². The van der Waals surface area contributed by atoms with E-state index in [4.69, 9.17) is 0 Å². The molecule has 1 aromatic heterocycles. The molecule has 0 radical (unpaired) electrons. The molecule has 0 saturated heterocycles. The number of rotatable bonds is 6. The van der Waals surface area contributed by atoms with Gasteiger partial charge in [0.25, 0.3) is 0 Å². The zero-order valence-corrected chi connectivity index (χ0v) is 11.7. The largest absolute Gasteiger partial charge is 0.316 e. The fourth-order valence-corrected chi connectivity index (χ4v) is 3.30. The van der Waals surface area contributed by atoms with Crippen LogP contribution in [0.15, 0.2) is 40.7 Å². The number of hydrogen-bond acceptors (Lipinski definition) is 4. The van der Waals surface area contributed by atoms with Crippen LogP contribution in [0.25, 0.3) is 0 Å². The molecule has 0 aliphatic carbocycles. The molecule has 2 rings (SSSR count). The molecule has 0 bridgehead atoms. The van der Waals surface area contributed by atoms with Crippen LogP contribution >= 0.6 is 23.1 Å². The summed E-state index contributed by atoms with van der Waals surface area (Å²) in [5.41, 5.74) is 0. The molecule has 0 fully saturated rings. The summed E-state index contributed by atoms with van der Waals surface area (Å²) in [4.78, 5) is 4.98. The second kappa shape index (κ2) is 6.87. The quantitative estimate of drug-likeness (QED) is 0.824. The first kappa shape index (κ1) is 13.5. The number of nitrogens with zero attached hydrogens (tertiary/aromatic N) is 1. The maximum atomic E-state index is 13.5. The Labute approximate surface area is 115 Å². The van der Waals surface area contributed by atoms with Crippen molar-refractivity contribution < 1.29 is 4.39 Å². The van der Waals surface area contributed by atoms with Gasteiger partial charge in [0, 0.05) is 34.7 Å². The summed E-state index contributed by atoms with van der Waals surface area (Å²) in [6.45, 7) is 0. The minimum absolute atomic E-state index is 0.147. The number of nitrogens with one attached hydrogen (secondary N) is 1. The van der Waals surface area contributed by atoms with Crippen LogP contribution < -0.4 is 5.32 Å². The number of aromatic nitrogens is 1. The highest BCUT2D eigenvalue weighted by Crippen LogP contribution is 2.22. The van der Waals surface area contributed by atoms with Crippen LogP contribution in [0.1, 0.15) is 5.01 Å². The van der Waals surface area contributed by atoms with Crippen molar-refractivity contribution >= 4 is 23.1 Å². The third-order valence-corrected chi connectivity index (χ3v) is 4.60. The Morgan fingerprint density at radius 2 is 2.28 bits per heavy atom. The number of halogens is 1. The molecule has 96 valence electrons. The summed E-state index contributed by atoms with van der Waals surface area (Å²) in [5, 5.41) is 6.35. The van der Waals surface area contributed by atoms with Gasteiger partial charge >= 0.3 is 0 Å². The maximum absolute atomic E-state index is 13.5. The molecular weight excluding hydrogens is 267 g/mol. The predicted molar refractivity (Wildman–Crippen MR) is 75.8 cm³/mol. The molecule has 2 nitrogen and oxygen atoms in total. The van der Waals surface area contributed by atoms with Crippen LogP contribution in [-0.2, 0) is 6.42 Å². The van der Waals surface area contributed by atoms with E-state index in [0.717, 1.165) is 17.2 Å². The Morgan fingerprint density at radius 3 is 2.94 bits per heavy atom. The van der Waals surface area contributed by atoms with E-state index in [2.05, 4.69) is 10.3 Å². The third kappa shape index (κ3) is 3.80. The summed E-state index contributed by atoms with van der Waals surface area (Å²) in [6, 6.07) is 7.19. The van der Waals surface area contributed by atoms with Gasteiger partial charge in [0.05, 0.1) is 5.01 Å². The van der Waals surface area contributed by atoms with Gasteiger partial charge in [0.1, 0.15) is 5.82 Å². The van der Waals surface area contributed by atoms with Gasteiger partial charge in [0.15, 0.2) is 0 Å². The summed E-state index contributed by atoms with van der Waals surface area (Å²) in [7, 11) is 1.93. The lowest BCUT2D eigenvalue weighted by molar-refractivity contribution is 0.598. The fourth-order valence-electron chi connectivity index (χ4n) is 1.56. The molecule has 18 heavy (non-hydrogen) atoms. The van der Waals surface area contributed by atoms with E-state index in [9.17, 15) is 4.39 Å². The number of hydrogen-bond donors (Lipinski definition) is 1. The topological polar surface area (TPSA) is 24.9 Å². The summed E-state index contributed by atoms with van der Waals surface area (Å²) in [6.07, 6.45) is 2.70. The SMILES string of the molecule is CNC(CSc1ccccc1F)Cc1nccs1. The number of thiazole rings is 1. The van der Waals surface area contributed by atoms with Crippen LogP contribution in [0.5, 0.6) is 0 Å². The molecule has 0 amide bonds. The van der Waals surface area contributed by atoms with Gasteiger partial charge in [0.2, 0.25) is 0 Å². The van der Waals surface area contributed by atoms with Crippen molar-refractivity contribution in [1.29, 1.82) is 0 Å². The molecule has 0 aliphatic heterocycles. The number of thioether (sulfide) groups is 1. The van der Waals surface area contributed by atoms with Gasteiger partial charge < -0.3 is 5.32 Å². The minimum atomic E-state index is -0.147. The first-order valence-electron chi connectivity index (χ1n) is 5.72. The molecule has 1 N–H and O–H groups in total. The standard InChI is InChI=1S/C13H15FN2S2/c1-15-10(8-13-16-6-7-17-13)9-18-12-5-3-2-4-11(12)14/h2-7,10,15H,8-9H2,1H3. The lowest BCUT2D eigenvalue weighted by Crippen LogP contribution is -2.30. The Morgan fingerprint density at radius 1 is 1.44 bits per heavy atom. The van der Waals surface area contributed by atoms with Crippen LogP contribution in [0.4, 0.5) is 4.39 Å². The van der Waals surface area contributed by atoms with Crippen molar-refractivity contribution in [3.05, 3.63) is 46.7 Å². The molecule has 2 aromatic rings. The molecule has 0 saturated carbocycles. The molecule has 1 aromatic carbocycles. The molecule has 1 unspecified atom stereocenters. The first-order valence-corrected chi connectivity index (χ1v) is 7.59. The molecule has 1 heterocycles. The molecule has 1 atom stereocenters. The summed E-state index contributed by atoms with van der Waals surface area (Å²) in [5.74, 6) is 0.684. The van der Waals surface area contributed by atoms with Gasteiger partial charge in [-0.3, -0.25) is 0 Å². The zero-order chi connectivity index (χ0) is 12.8. The van der Waals surface area contributed by atoms with E-state index in [1.54, 1.807) is 29.2 Å². The van der Waals surface area contributed by atoms with E-state index in [1.807, 2.05) is 30.8 Å². The van der Waals surface area contributed by atoms with Crippen LogP contribution in [-0.4, -0.2) is 23.8 Å². The third-order valence-electron chi connectivity index (χ3n) is 2.59. The molecule has 0 spiro atoms. The van der Waals surface area contributed by atoms with Crippen molar-refractivity contribution in [3.8, 4) is 0 Å². The Balaban J connectivity index is 1.89. The van der Waals surface area contributed by atoms with E-state index < -0.39 is 0 Å². The zero-order valence-electron chi connectivity index (χ0n) is 10.1. The monoisotopic (exact) mass is 282 g/mol. The Bertz CT molecular complexity index is 474. The van der Waals surface area contributed by atoms with E-state index in [1.165, 1.54) is 6.07 Å². The van der Waals surface area contributed by atoms with Crippen molar-refractivity contribution in [2.45, 2.75) is 17.4 Å². The highest BCUT2D eigenvalue weighted by Gasteiger charge is 2.11. The minimum Gasteiger partial charge on any atom is -0.316 e. The maximum Gasteiger partial charge on any atom is 0.136 e. The van der Waals surface area contributed by atoms with Gasteiger partial charge in [-0.1, -0.05) is 12.1 Å². The van der Waals surface area contributed by atoms with Crippen molar-refractivity contribution in [1.82, 2.24) is 10.3 Å². The fraction of sp³-hybridized carbons (Fsp3) is 0.308. The Hall–Kier alpha value is -0.910. The number of likely N-dealkylation sites (N-methyl/N-ethyl adjacent to an activating group) is 1. The van der Waals surface area contributed by atoms with Gasteiger partial charge in [-0.2, -0.15) is 0 Å². The highest BCUT2D eigenvalue weighted by atomic mass is 32.2. The van der Waals surface area contributed by atoms with Crippen LogP contribution in [0.2, 0.25) is 0 Å². The first-order chi connectivity index (χ1) is 8.79. The van der Waals surface area contributed by atoms with Crippen LogP contribution in [0.3, 0.4) is 0 Å². The lowest BCUT2D eigenvalue weighted by Gasteiger charge is -2.14. The highest BCUT2D eigenvalue weighted by molar-refractivity contribution is 7.99. The van der Waals surface area contributed by atoms with Gasteiger partial charge in [-0.25, -0.2) is 9.37 Å². The van der Waals surface area contributed by atoms with E-state index in [0.29, 0.717) is 10.9 Å². The molecule has 0 aliphatic rings. The normalized spacial score (nSPS) is 12.6. The molecule has 5 heteroatoms. The Kier molecular flexibility index (Phi) is 5.16. The average Bonchev–Trinajstić information content (AvgIpc) is 2.89. The average molecular weight is 282 g/mol.